The summed E-state index contributed by atoms with van der Waals surface area (Å²) in [5, 5.41) is 11.7. The fraction of sp³-hybridized carbons (Fsp3) is 0.231. The molecule has 0 aliphatic rings. The fourth-order valence-corrected chi connectivity index (χ4v) is 1.37. The van der Waals surface area contributed by atoms with Gasteiger partial charge in [-0.25, -0.2) is 0 Å². The van der Waals surface area contributed by atoms with Crippen molar-refractivity contribution in [2.75, 3.05) is 6.54 Å². The summed E-state index contributed by atoms with van der Waals surface area (Å²) < 4.78 is 0. The van der Waals surface area contributed by atoms with Gasteiger partial charge in [0.2, 0.25) is 5.91 Å². The lowest BCUT2D eigenvalue weighted by Crippen LogP contribution is -2.30. The van der Waals surface area contributed by atoms with E-state index in [1.807, 2.05) is 6.07 Å². The Bertz CT molecular complexity index is 471. The number of amides is 1. The number of carboxylic acid groups (broad SMARTS) is 1. The summed E-state index contributed by atoms with van der Waals surface area (Å²) in [6.07, 6.45) is 2.92. The lowest BCUT2D eigenvalue weighted by molar-refractivity contribution is -0.141. The molecule has 0 aromatic heterocycles. The van der Waals surface area contributed by atoms with Crippen molar-refractivity contribution in [3.63, 3.8) is 0 Å². The number of hydrogen-bond donors (Lipinski definition) is 2. The first-order valence-electron chi connectivity index (χ1n) is 5.44. The lowest BCUT2D eigenvalue weighted by Gasteiger charge is -2.05. The van der Waals surface area contributed by atoms with Gasteiger partial charge in [-0.1, -0.05) is 36.7 Å². The van der Waals surface area contributed by atoms with Crippen molar-refractivity contribution >= 4 is 29.6 Å². The molecule has 2 N–H and O–H groups in total. The fourth-order valence-electron chi connectivity index (χ4n) is 1.18. The van der Waals surface area contributed by atoms with E-state index in [1.54, 1.807) is 24.3 Å². The maximum atomic E-state index is 11.4. The zero-order valence-electron chi connectivity index (χ0n) is 9.89. The van der Waals surface area contributed by atoms with Crippen molar-refractivity contribution in [3.05, 3.63) is 40.9 Å². The van der Waals surface area contributed by atoms with Crippen molar-refractivity contribution in [3.8, 4) is 0 Å². The first kappa shape index (κ1) is 14.3. The van der Waals surface area contributed by atoms with E-state index in [0.29, 0.717) is 5.02 Å². The van der Waals surface area contributed by atoms with Crippen molar-refractivity contribution in [2.45, 2.75) is 6.92 Å². The van der Waals surface area contributed by atoms with Gasteiger partial charge in [-0.15, -0.1) is 0 Å². The Hall–Kier alpha value is -1.81. The van der Waals surface area contributed by atoms with Crippen LogP contribution in [-0.2, 0) is 9.59 Å². The van der Waals surface area contributed by atoms with Crippen LogP contribution in [0.2, 0.25) is 5.02 Å². The van der Waals surface area contributed by atoms with Crippen LogP contribution >= 0.6 is 11.6 Å². The molecule has 1 atom stereocenters. The van der Waals surface area contributed by atoms with Crippen molar-refractivity contribution in [2.24, 2.45) is 5.92 Å². The number of benzene rings is 1. The first-order valence-corrected chi connectivity index (χ1v) is 5.81. The number of halogens is 1. The molecule has 0 heterocycles. The highest BCUT2D eigenvalue weighted by molar-refractivity contribution is 6.32. The number of nitrogens with one attached hydrogen (secondary N) is 1. The number of aliphatic carboxylic acids is 1. The van der Waals surface area contributed by atoms with Gasteiger partial charge in [0.25, 0.3) is 0 Å². The minimum atomic E-state index is -0.939. The molecule has 0 spiro atoms. The van der Waals surface area contributed by atoms with Crippen LogP contribution in [0.25, 0.3) is 6.08 Å². The third-order valence-corrected chi connectivity index (χ3v) is 2.67. The number of carbonyl (C=O) groups excluding carboxylic acids is 1. The maximum Gasteiger partial charge on any atom is 0.308 e. The SMILES string of the molecule is CC(CNC(=O)C=Cc1ccccc1Cl)C(=O)O. The average Bonchev–Trinajstić information content (AvgIpc) is 2.34. The normalized spacial score (nSPS) is 12.3. The Kier molecular flexibility index (Phi) is 5.39. The Labute approximate surface area is 110 Å². The van der Waals surface area contributed by atoms with Crippen LogP contribution in [0.5, 0.6) is 0 Å². The monoisotopic (exact) mass is 267 g/mol. The minimum Gasteiger partial charge on any atom is -0.481 e. The molecule has 0 aliphatic heterocycles. The summed E-state index contributed by atoms with van der Waals surface area (Å²) >= 11 is 5.92. The van der Waals surface area contributed by atoms with E-state index in [0.717, 1.165) is 5.56 Å². The van der Waals surface area contributed by atoms with Gasteiger partial charge in [0.1, 0.15) is 0 Å². The molecule has 0 saturated heterocycles. The quantitative estimate of drug-likeness (QED) is 0.804. The molecular weight excluding hydrogens is 254 g/mol. The average molecular weight is 268 g/mol. The molecule has 96 valence electrons. The van der Waals surface area contributed by atoms with E-state index in [-0.39, 0.29) is 12.5 Å². The van der Waals surface area contributed by atoms with Crippen LogP contribution in [0.4, 0.5) is 0 Å². The molecule has 1 unspecified atom stereocenters. The van der Waals surface area contributed by atoms with Crippen LogP contribution in [0.3, 0.4) is 0 Å². The van der Waals surface area contributed by atoms with Gasteiger partial charge in [0.15, 0.2) is 0 Å². The maximum absolute atomic E-state index is 11.4. The molecule has 4 nitrogen and oxygen atoms in total. The van der Waals surface area contributed by atoms with Crippen molar-refractivity contribution < 1.29 is 14.7 Å². The van der Waals surface area contributed by atoms with Crippen molar-refractivity contribution in [1.29, 1.82) is 0 Å². The summed E-state index contributed by atoms with van der Waals surface area (Å²) in [7, 11) is 0. The van der Waals surface area contributed by atoms with Crippen LogP contribution in [-0.4, -0.2) is 23.5 Å². The number of carboxylic acids is 1. The van der Waals surface area contributed by atoms with Gasteiger partial charge in [-0.3, -0.25) is 9.59 Å². The number of rotatable bonds is 5. The predicted molar refractivity (Wildman–Crippen MR) is 70.3 cm³/mol. The van der Waals surface area contributed by atoms with E-state index in [9.17, 15) is 9.59 Å². The van der Waals surface area contributed by atoms with Crippen LogP contribution < -0.4 is 5.32 Å². The molecule has 0 radical (unpaired) electrons. The topological polar surface area (TPSA) is 66.4 Å². The largest absolute Gasteiger partial charge is 0.481 e. The standard InChI is InChI=1S/C13H14ClNO3/c1-9(13(17)18)8-15-12(16)7-6-10-4-2-3-5-11(10)14/h2-7,9H,8H2,1H3,(H,15,16)(H,17,18). The molecule has 1 rings (SSSR count). The van der Waals surface area contributed by atoms with Gasteiger partial charge in [-0.05, 0) is 17.7 Å². The predicted octanol–water partition coefficient (Wildman–Crippen LogP) is 2.19. The van der Waals surface area contributed by atoms with Gasteiger partial charge >= 0.3 is 5.97 Å². The highest BCUT2D eigenvalue weighted by Crippen LogP contribution is 2.15. The van der Waals surface area contributed by atoms with E-state index in [1.165, 1.54) is 13.0 Å². The molecule has 0 aliphatic carbocycles. The Balaban J connectivity index is 2.50. The zero-order valence-corrected chi connectivity index (χ0v) is 10.6. The van der Waals surface area contributed by atoms with E-state index < -0.39 is 11.9 Å². The summed E-state index contributed by atoms with van der Waals surface area (Å²) in [5.74, 6) is -1.89. The molecule has 1 amide bonds. The van der Waals surface area contributed by atoms with E-state index in [2.05, 4.69) is 5.32 Å². The third kappa shape index (κ3) is 4.59. The molecule has 1 aromatic rings. The molecule has 0 fully saturated rings. The molecule has 0 saturated carbocycles. The summed E-state index contributed by atoms with van der Waals surface area (Å²) in [6, 6.07) is 7.13. The van der Waals surface area contributed by atoms with Crippen molar-refractivity contribution in [1.82, 2.24) is 5.32 Å². The van der Waals surface area contributed by atoms with Crippen LogP contribution in [0.1, 0.15) is 12.5 Å². The number of hydrogen-bond acceptors (Lipinski definition) is 2. The number of carbonyl (C=O) groups is 2. The molecule has 1 aromatic carbocycles. The van der Waals surface area contributed by atoms with Crippen LogP contribution in [0.15, 0.2) is 30.3 Å². The molecule has 18 heavy (non-hydrogen) atoms. The van der Waals surface area contributed by atoms with Crippen LogP contribution in [0, 0.1) is 5.92 Å². The summed E-state index contributed by atoms with van der Waals surface area (Å²) in [5.41, 5.74) is 0.737. The zero-order chi connectivity index (χ0) is 13.5. The summed E-state index contributed by atoms with van der Waals surface area (Å²) in [6.45, 7) is 1.63. The molecule has 5 heteroatoms. The lowest BCUT2D eigenvalue weighted by atomic mass is 10.2. The summed E-state index contributed by atoms with van der Waals surface area (Å²) in [4.78, 5) is 22.0. The molecular formula is C13H14ClNO3. The van der Waals surface area contributed by atoms with E-state index in [4.69, 9.17) is 16.7 Å². The molecule has 0 bridgehead atoms. The minimum absolute atomic E-state index is 0.0982. The second kappa shape index (κ2) is 6.81. The Morgan fingerprint density at radius 3 is 2.72 bits per heavy atom. The van der Waals surface area contributed by atoms with E-state index >= 15 is 0 Å². The van der Waals surface area contributed by atoms with Gasteiger partial charge in [0.05, 0.1) is 5.92 Å². The third-order valence-electron chi connectivity index (χ3n) is 2.32. The van der Waals surface area contributed by atoms with Gasteiger partial charge in [-0.2, -0.15) is 0 Å². The Morgan fingerprint density at radius 1 is 1.44 bits per heavy atom. The van der Waals surface area contributed by atoms with Gasteiger partial charge in [0, 0.05) is 17.6 Å². The van der Waals surface area contributed by atoms with Gasteiger partial charge < -0.3 is 10.4 Å². The highest BCUT2D eigenvalue weighted by Gasteiger charge is 2.10. The first-order chi connectivity index (χ1) is 8.50. The second-order valence-corrected chi connectivity index (χ2v) is 4.25. The smallest absolute Gasteiger partial charge is 0.308 e. The second-order valence-electron chi connectivity index (χ2n) is 3.84. The Morgan fingerprint density at radius 2 is 2.11 bits per heavy atom. The highest BCUT2D eigenvalue weighted by atomic mass is 35.5.